The molecule has 4 saturated carbocycles. The highest BCUT2D eigenvalue weighted by atomic mass is 79.9. The van der Waals surface area contributed by atoms with E-state index < -0.39 is 0 Å². The maximum atomic E-state index is 14.3. The fourth-order valence-corrected chi connectivity index (χ4v) is 15.7. The SMILES string of the molecule is CCCCCCCCCCCCOC(=O)CC[C@@H](C)[C@H]1CC[C@H]2[C@@H]3[C@H](OC(=O)CCCCCCC[N+](C)(C)C)C[C@@H]4C[C@H](OC(=O)CCCCCCC[N+](C)(C)C)CC[C@]4(C)[C@H]3C[C@H](OC(=O)CCCCCCC[N+](C)(C)C)[C@]12C.[Br-].[Br-].[Br-]. The van der Waals surface area contributed by atoms with Gasteiger partial charge in [0.05, 0.1) is 89.7 Å². The number of hydrogen-bond acceptors (Lipinski definition) is 8. The Morgan fingerprint density at radius 3 is 1.39 bits per heavy atom. The summed E-state index contributed by atoms with van der Waals surface area (Å²) < 4.78 is 29.0. The average Bonchev–Trinajstić information content (AvgIpc) is 3.76. The van der Waals surface area contributed by atoms with Crippen LogP contribution in [0.2, 0.25) is 0 Å². The maximum Gasteiger partial charge on any atom is 0.306 e. The van der Waals surface area contributed by atoms with Gasteiger partial charge in [-0.25, -0.2) is 0 Å². The second-order valence-corrected chi connectivity index (χ2v) is 30.4. The van der Waals surface area contributed by atoms with Crippen LogP contribution < -0.4 is 50.9 Å². The molecule has 0 saturated heterocycles. The van der Waals surface area contributed by atoms with Crippen molar-refractivity contribution >= 4 is 23.9 Å². The zero-order valence-corrected chi connectivity index (χ0v) is 60.7. The molecule has 14 heteroatoms. The lowest BCUT2D eigenvalue weighted by Gasteiger charge is -2.64. The molecule has 4 aliphatic rings. The first-order chi connectivity index (χ1) is 37.9. The summed E-state index contributed by atoms with van der Waals surface area (Å²) in [5.41, 5.74) is -0.410. The van der Waals surface area contributed by atoms with Gasteiger partial charge in [0.25, 0.3) is 0 Å². The van der Waals surface area contributed by atoms with Crippen LogP contribution in [-0.2, 0) is 38.1 Å². The number of carbonyl (C=O) groups is 4. The molecule has 4 fully saturated rings. The number of quaternary nitrogens is 3. The molecule has 0 spiro atoms. The van der Waals surface area contributed by atoms with E-state index in [-0.39, 0.29) is 139 Å². The number of hydrogen-bond donors (Lipinski definition) is 0. The number of nitrogens with zero attached hydrogens (tertiary/aromatic N) is 3. The molecule has 4 aliphatic carbocycles. The Morgan fingerprint density at radius 1 is 0.470 bits per heavy atom. The van der Waals surface area contributed by atoms with Gasteiger partial charge in [-0.1, -0.05) is 124 Å². The van der Waals surface area contributed by atoms with Crippen LogP contribution in [0.15, 0.2) is 0 Å². The third kappa shape index (κ3) is 29.6. The highest BCUT2D eigenvalue weighted by Crippen LogP contribution is 2.69. The number of ether oxygens (including phenoxy) is 4. The molecule has 4 rings (SSSR count). The van der Waals surface area contributed by atoms with E-state index in [1.165, 1.54) is 96.4 Å². The predicted octanol–water partition coefficient (Wildman–Crippen LogP) is 6.63. The molecule has 0 aromatic rings. The molecule has 0 aliphatic heterocycles. The summed E-state index contributed by atoms with van der Waals surface area (Å²) in [6.45, 7) is 13.5. The Labute approximate surface area is 542 Å². The molecule has 0 unspecified atom stereocenters. The minimum absolute atomic E-state index is 0. The van der Waals surface area contributed by atoms with Crippen molar-refractivity contribution in [1.82, 2.24) is 0 Å². The number of rotatable bonds is 42. The Hall–Kier alpha value is -0.800. The van der Waals surface area contributed by atoms with Gasteiger partial charge in [0.2, 0.25) is 0 Å². The standard InChI is InChI=1S/C69H130N3O8.3BrH/c1-14-15-16-17-18-19-20-21-31-38-51-77-63(73)45-42-55(2)58-43-44-59-67-60(54-62(69(58,59)4)80-66(76)41-34-27-24-30-37-50-72(11,12)13)68(3)47-46-57(78-64(74)39-32-25-22-28-35-48-70(5,6)7)52-56(68)53-61(67)79-65(75)40-33-26-23-29-36-49-71(8,9)10;;;/h55-62,67H,14-54H2,1-13H3;3*1H/q+3;;;/p-3/t55-,56+,57-,58-,59+,60+,61-,62+,67+,68+,69-;;;/m1.../s1. The number of halogens is 3. The topological polar surface area (TPSA) is 105 Å². The van der Waals surface area contributed by atoms with E-state index in [4.69, 9.17) is 18.9 Å². The summed E-state index contributed by atoms with van der Waals surface area (Å²) in [7, 11) is 20.2. The first kappa shape index (κ1) is 80.2. The minimum atomic E-state index is -0.334. The first-order valence-corrected chi connectivity index (χ1v) is 34.0. The van der Waals surface area contributed by atoms with Crippen LogP contribution in [0.3, 0.4) is 0 Å². The average molecular weight is 1370 g/mol. The maximum absolute atomic E-state index is 14.3. The minimum Gasteiger partial charge on any atom is -1.00 e. The van der Waals surface area contributed by atoms with Gasteiger partial charge in [-0.15, -0.1) is 0 Å². The summed E-state index contributed by atoms with van der Waals surface area (Å²) in [4.78, 5) is 55.3. The Kier molecular flexibility index (Phi) is 39.4. The predicted molar refractivity (Wildman–Crippen MR) is 329 cm³/mol. The Balaban J connectivity index is 0.0000115. The molecular weight excluding hydrogens is 1240 g/mol. The molecule has 490 valence electrons. The molecular formula is C69H130Br3N3O8. The van der Waals surface area contributed by atoms with Gasteiger partial charge in [0, 0.05) is 37.0 Å². The molecule has 0 aromatic carbocycles. The monoisotopic (exact) mass is 1370 g/mol. The summed E-state index contributed by atoms with van der Waals surface area (Å²) in [6.07, 6.45) is 36.7. The molecule has 0 N–H and O–H groups in total. The van der Waals surface area contributed by atoms with Gasteiger partial charge in [0.1, 0.15) is 18.3 Å². The molecule has 0 bridgehead atoms. The molecule has 83 heavy (non-hydrogen) atoms. The highest BCUT2D eigenvalue weighted by molar-refractivity contribution is 5.70. The van der Waals surface area contributed by atoms with Gasteiger partial charge in [-0.3, -0.25) is 19.2 Å². The third-order valence-corrected chi connectivity index (χ3v) is 20.5. The zero-order chi connectivity index (χ0) is 58.8. The van der Waals surface area contributed by atoms with E-state index in [2.05, 4.69) is 91.1 Å². The van der Waals surface area contributed by atoms with Crippen molar-refractivity contribution in [2.45, 2.75) is 284 Å². The first-order valence-electron chi connectivity index (χ1n) is 34.0. The summed E-state index contributed by atoms with van der Waals surface area (Å²) in [5, 5.41) is 0. The van der Waals surface area contributed by atoms with Crippen molar-refractivity contribution in [3.63, 3.8) is 0 Å². The molecule has 0 amide bonds. The van der Waals surface area contributed by atoms with Crippen LogP contribution in [0, 0.1) is 46.3 Å². The van der Waals surface area contributed by atoms with E-state index >= 15 is 0 Å². The van der Waals surface area contributed by atoms with Gasteiger partial charge in [-0.05, 0) is 151 Å². The highest BCUT2D eigenvalue weighted by Gasteiger charge is 2.68. The van der Waals surface area contributed by atoms with E-state index in [0.29, 0.717) is 32.3 Å². The van der Waals surface area contributed by atoms with E-state index in [9.17, 15) is 19.2 Å². The van der Waals surface area contributed by atoms with Crippen LogP contribution in [0.4, 0.5) is 0 Å². The normalized spacial score (nSPS) is 26.2. The number of unbranched alkanes of at least 4 members (excludes halogenated alkanes) is 21. The molecule has 0 radical (unpaired) electrons. The number of carbonyl (C=O) groups excluding carboxylic acids is 4. The van der Waals surface area contributed by atoms with Crippen molar-refractivity contribution in [2.75, 3.05) is 89.7 Å². The van der Waals surface area contributed by atoms with E-state index in [0.717, 1.165) is 149 Å². The van der Waals surface area contributed by atoms with E-state index in [1.54, 1.807) is 0 Å². The van der Waals surface area contributed by atoms with Gasteiger partial charge in [-0.2, -0.15) is 0 Å². The Morgan fingerprint density at radius 2 is 0.904 bits per heavy atom. The van der Waals surface area contributed by atoms with Crippen LogP contribution in [-0.4, -0.2) is 145 Å². The second-order valence-electron chi connectivity index (χ2n) is 30.4. The molecule has 11 atom stereocenters. The van der Waals surface area contributed by atoms with Crippen LogP contribution in [0.1, 0.15) is 265 Å². The van der Waals surface area contributed by atoms with Crippen molar-refractivity contribution in [3.8, 4) is 0 Å². The Bertz CT molecular complexity index is 1790. The van der Waals surface area contributed by atoms with E-state index in [1.807, 2.05) is 0 Å². The zero-order valence-electron chi connectivity index (χ0n) is 55.9. The van der Waals surface area contributed by atoms with Gasteiger partial charge < -0.3 is 83.3 Å². The fraction of sp³-hybridized carbons (Fsp3) is 0.942. The number of esters is 4. The molecule has 0 aromatic heterocycles. The van der Waals surface area contributed by atoms with Crippen LogP contribution in [0.5, 0.6) is 0 Å². The fourth-order valence-electron chi connectivity index (χ4n) is 15.7. The summed E-state index contributed by atoms with van der Waals surface area (Å²) in [6, 6.07) is 0. The van der Waals surface area contributed by atoms with Gasteiger partial charge in [0.15, 0.2) is 0 Å². The summed E-state index contributed by atoms with van der Waals surface area (Å²) in [5.74, 6) is 0.920. The van der Waals surface area contributed by atoms with Crippen LogP contribution in [0.25, 0.3) is 0 Å². The lowest BCUT2D eigenvalue weighted by atomic mass is 9.43. The van der Waals surface area contributed by atoms with Gasteiger partial charge >= 0.3 is 23.9 Å². The van der Waals surface area contributed by atoms with Crippen molar-refractivity contribution in [2.24, 2.45) is 46.3 Å². The summed E-state index contributed by atoms with van der Waals surface area (Å²) >= 11 is 0. The third-order valence-electron chi connectivity index (χ3n) is 20.5. The van der Waals surface area contributed by atoms with Crippen molar-refractivity contribution < 1.29 is 103 Å². The number of fused-ring (bicyclic) bond motifs is 5. The molecule has 11 nitrogen and oxygen atoms in total. The largest absolute Gasteiger partial charge is 1.00 e. The lowest BCUT2D eigenvalue weighted by Crippen LogP contribution is -3.00. The van der Waals surface area contributed by atoms with Crippen molar-refractivity contribution in [1.29, 1.82) is 0 Å². The quantitative estimate of drug-likeness (QED) is 0.0291. The molecule has 0 heterocycles. The van der Waals surface area contributed by atoms with Crippen LogP contribution >= 0.6 is 0 Å². The van der Waals surface area contributed by atoms with Crippen molar-refractivity contribution in [3.05, 3.63) is 0 Å². The second kappa shape index (κ2) is 40.8. The lowest BCUT2D eigenvalue weighted by molar-refractivity contribution is -0.870. The smallest absolute Gasteiger partial charge is 0.306 e.